The lowest BCUT2D eigenvalue weighted by Crippen LogP contribution is -2.55. The third-order valence-electron chi connectivity index (χ3n) is 4.84. The maximum absolute atomic E-state index is 12.9. The molecule has 1 aliphatic rings. The van der Waals surface area contributed by atoms with Gasteiger partial charge in [0.2, 0.25) is 5.91 Å². The number of carbonyl (C=O) groups is 2. The van der Waals surface area contributed by atoms with Crippen LogP contribution in [0, 0.1) is 0 Å². The van der Waals surface area contributed by atoms with Gasteiger partial charge in [-0.3, -0.25) is 14.3 Å². The Morgan fingerprint density at radius 3 is 2.46 bits per heavy atom. The van der Waals surface area contributed by atoms with E-state index >= 15 is 0 Å². The van der Waals surface area contributed by atoms with Crippen LogP contribution in [0.5, 0.6) is 5.75 Å². The topological polar surface area (TPSA) is 97.3 Å². The molecule has 3 rings (SSSR count). The molecular formula is C19H26ClN5O3. The Bertz CT molecular complexity index is 758. The fraction of sp³-hybridized carbons (Fsp3) is 0.421. The van der Waals surface area contributed by atoms with Gasteiger partial charge in [-0.15, -0.1) is 12.4 Å². The van der Waals surface area contributed by atoms with Crippen LogP contribution >= 0.6 is 12.4 Å². The van der Waals surface area contributed by atoms with Crippen molar-refractivity contribution in [1.82, 2.24) is 25.7 Å². The quantitative estimate of drug-likeness (QED) is 0.593. The highest BCUT2D eigenvalue weighted by molar-refractivity contribution is 5.94. The highest BCUT2D eigenvalue weighted by atomic mass is 35.5. The number of hydrogen-bond acceptors (Lipinski definition) is 5. The van der Waals surface area contributed by atoms with E-state index < -0.39 is 5.54 Å². The van der Waals surface area contributed by atoms with Crippen LogP contribution in [0.25, 0.3) is 0 Å². The van der Waals surface area contributed by atoms with Crippen LogP contribution < -0.4 is 20.7 Å². The molecule has 28 heavy (non-hydrogen) atoms. The van der Waals surface area contributed by atoms with E-state index in [2.05, 4.69) is 21.0 Å². The molecule has 0 aliphatic carbocycles. The first kappa shape index (κ1) is 21.7. The number of piperidine rings is 1. The lowest BCUT2D eigenvalue weighted by molar-refractivity contribution is -0.131. The van der Waals surface area contributed by atoms with E-state index in [9.17, 15) is 9.59 Å². The van der Waals surface area contributed by atoms with E-state index in [0.29, 0.717) is 37.2 Å². The van der Waals surface area contributed by atoms with Crippen molar-refractivity contribution in [2.24, 2.45) is 0 Å². The highest BCUT2D eigenvalue weighted by Crippen LogP contribution is 2.27. The smallest absolute Gasteiger partial charge is 0.251 e. The lowest BCUT2D eigenvalue weighted by atomic mass is 9.87. The summed E-state index contributed by atoms with van der Waals surface area (Å²) in [5.74, 6) is 0.451. The van der Waals surface area contributed by atoms with E-state index in [1.165, 1.54) is 0 Å². The molecule has 1 aliphatic heterocycles. The molecule has 1 saturated heterocycles. The molecule has 2 heterocycles. The van der Waals surface area contributed by atoms with Crippen LogP contribution in [-0.4, -0.2) is 54.9 Å². The number of halogens is 1. The zero-order valence-corrected chi connectivity index (χ0v) is 16.6. The van der Waals surface area contributed by atoms with Crippen molar-refractivity contribution in [3.05, 3.63) is 48.3 Å². The molecule has 9 heteroatoms. The summed E-state index contributed by atoms with van der Waals surface area (Å²) >= 11 is 0. The summed E-state index contributed by atoms with van der Waals surface area (Å²) in [6.07, 6.45) is 4.87. The predicted molar refractivity (Wildman–Crippen MR) is 108 cm³/mol. The molecule has 1 aromatic heterocycles. The standard InChI is InChI=1S/C19H25N5O3.ClH/c1-27-16-5-3-15(4-6-16)17(25)21-12-13-22-18(26)19(7-10-20-11-8-19)24-14-2-9-23-24;/h2-6,9,14,20H,7-8,10-13H2,1H3,(H,21,25)(H,22,26);1H. The fourth-order valence-corrected chi connectivity index (χ4v) is 3.28. The minimum absolute atomic E-state index is 0. The van der Waals surface area contributed by atoms with E-state index in [-0.39, 0.29) is 24.2 Å². The average Bonchev–Trinajstić information content (AvgIpc) is 3.27. The minimum Gasteiger partial charge on any atom is -0.497 e. The maximum atomic E-state index is 12.9. The Morgan fingerprint density at radius 1 is 1.18 bits per heavy atom. The monoisotopic (exact) mass is 407 g/mol. The van der Waals surface area contributed by atoms with Gasteiger partial charge in [-0.1, -0.05) is 0 Å². The number of methoxy groups -OCH3 is 1. The van der Waals surface area contributed by atoms with Gasteiger partial charge in [-0.05, 0) is 56.3 Å². The van der Waals surface area contributed by atoms with Crippen LogP contribution in [0.2, 0.25) is 0 Å². The molecule has 2 amide bonds. The summed E-state index contributed by atoms with van der Waals surface area (Å²) in [6, 6.07) is 8.71. The normalized spacial score (nSPS) is 15.2. The number of nitrogens with zero attached hydrogens (tertiary/aromatic N) is 2. The summed E-state index contributed by atoms with van der Waals surface area (Å²) in [5, 5.41) is 13.3. The van der Waals surface area contributed by atoms with Crippen molar-refractivity contribution in [3.8, 4) is 5.75 Å². The molecule has 152 valence electrons. The SMILES string of the molecule is COc1ccc(C(=O)NCCNC(=O)C2(n3cccn3)CCNCC2)cc1.Cl. The maximum Gasteiger partial charge on any atom is 0.251 e. The molecule has 3 N–H and O–H groups in total. The van der Waals surface area contributed by atoms with Gasteiger partial charge < -0.3 is 20.7 Å². The second kappa shape index (κ2) is 10.1. The second-order valence-electron chi connectivity index (χ2n) is 6.47. The van der Waals surface area contributed by atoms with Crippen molar-refractivity contribution < 1.29 is 14.3 Å². The fourth-order valence-electron chi connectivity index (χ4n) is 3.28. The molecule has 0 unspecified atom stereocenters. The Morgan fingerprint density at radius 2 is 1.86 bits per heavy atom. The molecule has 0 saturated carbocycles. The molecule has 0 bridgehead atoms. The molecule has 0 spiro atoms. The van der Waals surface area contributed by atoms with Gasteiger partial charge >= 0.3 is 0 Å². The van der Waals surface area contributed by atoms with Gasteiger partial charge in [0, 0.05) is 31.0 Å². The Labute approximate surface area is 170 Å². The number of amides is 2. The van der Waals surface area contributed by atoms with E-state index in [0.717, 1.165) is 13.1 Å². The number of hydrogen-bond donors (Lipinski definition) is 3. The summed E-state index contributed by atoms with van der Waals surface area (Å²) < 4.78 is 6.83. The van der Waals surface area contributed by atoms with Gasteiger partial charge in [-0.2, -0.15) is 5.10 Å². The second-order valence-corrected chi connectivity index (χ2v) is 6.47. The first-order valence-corrected chi connectivity index (χ1v) is 9.07. The third-order valence-corrected chi connectivity index (χ3v) is 4.84. The van der Waals surface area contributed by atoms with Gasteiger partial charge in [0.15, 0.2) is 0 Å². The van der Waals surface area contributed by atoms with E-state index in [4.69, 9.17) is 4.74 Å². The van der Waals surface area contributed by atoms with Crippen LogP contribution in [0.3, 0.4) is 0 Å². The molecule has 8 nitrogen and oxygen atoms in total. The average molecular weight is 408 g/mol. The van der Waals surface area contributed by atoms with Gasteiger partial charge in [0.1, 0.15) is 11.3 Å². The van der Waals surface area contributed by atoms with Crippen LogP contribution in [0.4, 0.5) is 0 Å². The van der Waals surface area contributed by atoms with Gasteiger partial charge in [-0.25, -0.2) is 0 Å². The van der Waals surface area contributed by atoms with Crippen molar-refractivity contribution in [3.63, 3.8) is 0 Å². The van der Waals surface area contributed by atoms with Crippen molar-refractivity contribution in [2.75, 3.05) is 33.3 Å². The van der Waals surface area contributed by atoms with E-state index in [1.807, 2.05) is 12.3 Å². The number of rotatable bonds is 7. The zero-order chi connectivity index (χ0) is 19.1. The van der Waals surface area contributed by atoms with Gasteiger partial charge in [0.05, 0.1) is 7.11 Å². The largest absolute Gasteiger partial charge is 0.497 e. The number of benzene rings is 1. The highest BCUT2D eigenvalue weighted by Gasteiger charge is 2.41. The lowest BCUT2D eigenvalue weighted by Gasteiger charge is -2.36. The first-order chi connectivity index (χ1) is 13.2. The van der Waals surface area contributed by atoms with Crippen molar-refractivity contribution in [2.45, 2.75) is 18.4 Å². The first-order valence-electron chi connectivity index (χ1n) is 9.07. The van der Waals surface area contributed by atoms with Crippen molar-refractivity contribution in [1.29, 1.82) is 0 Å². The summed E-state index contributed by atoms with van der Waals surface area (Å²) in [5.41, 5.74) is -0.122. The molecule has 0 atom stereocenters. The zero-order valence-electron chi connectivity index (χ0n) is 15.8. The third kappa shape index (κ3) is 4.82. The van der Waals surface area contributed by atoms with Crippen molar-refractivity contribution >= 4 is 24.2 Å². The minimum atomic E-state index is -0.672. The molecule has 1 fully saturated rings. The number of ether oxygens (including phenoxy) is 1. The summed E-state index contributed by atoms with van der Waals surface area (Å²) in [6.45, 7) is 2.24. The number of carbonyl (C=O) groups excluding carboxylic acids is 2. The molecule has 0 radical (unpaired) electrons. The summed E-state index contributed by atoms with van der Waals surface area (Å²) in [7, 11) is 1.58. The van der Waals surface area contributed by atoms with Crippen LogP contribution in [0.15, 0.2) is 42.7 Å². The number of nitrogens with one attached hydrogen (secondary N) is 3. The van der Waals surface area contributed by atoms with Crippen LogP contribution in [0.1, 0.15) is 23.2 Å². The Kier molecular flexibility index (Phi) is 7.83. The van der Waals surface area contributed by atoms with Gasteiger partial charge in [0.25, 0.3) is 5.91 Å². The Balaban J connectivity index is 0.00000280. The van der Waals surface area contributed by atoms with E-state index in [1.54, 1.807) is 42.3 Å². The number of aromatic nitrogens is 2. The molecule has 1 aromatic carbocycles. The van der Waals surface area contributed by atoms with Crippen LogP contribution in [-0.2, 0) is 10.3 Å². The predicted octanol–water partition coefficient (Wildman–Crippen LogP) is 0.938. The summed E-state index contributed by atoms with van der Waals surface area (Å²) in [4.78, 5) is 25.0. The molecule has 2 aromatic rings. The Hall–Kier alpha value is -2.58. The molecular weight excluding hydrogens is 382 g/mol.